The lowest BCUT2D eigenvalue weighted by atomic mass is 10.1. The van der Waals surface area contributed by atoms with Crippen LogP contribution in [-0.4, -0.2) is 20.6 Å². The number of rotatable bonds is 6. The molecule has 6 nitrogen and oxygen atoms in total. The third-order valence-electron chi connectivity index (χ3n) is 4.85. The molecule has 1 atom stereocenters. The molecule has 0 unspecified atom stereocenters. The molecule has 0 aliphatic rings. The number of aromatic nitrogens is 3. The highest BCUT2D eigenvalue weighted by molar-refractivity contribution is 6.30. The molecule has 2 heterocycles. The van der Waals surface area contributed by atoms with Crippen molar-refractivity contribution in [1.29, 1.82) is 0 Å². The minimum absolute atomic E-state index is 0.0861. The predicted molar refractivity (Wildman–Crippen MR) is 116 cm³/mol. The van der Waals surface area contributed by atoms with E-state index in [4.69, 9.17) is 16.1 Å². The fourth-order valence-corrected chi connectivity index (χ4v) is 3.30. The van der Waals surface area contributed by atoms with Crippen LogP contribution in [0.25, 0.3) is 23.0 Å². The van der Waals surface area contributed by atoms with Crippen molar-refractivity contribution in [2.45, 2.75) is 26.4 Å². The number of amides is 1. The molecule has 0 bridgehead atoms. The Hall–Kier alpha value is -3.38. The van der Waals surface area contributed by atoms with Crippen molar-refractivity contribution in [3.63, 3.8) is 0 Å². The summed E-state index contributed by atoms with van der Waals surface area (Å²) in [4.78, 5) is 17.1. The second kappa shape index (κ2) is 8.55. The minimum atomic E-state index is -0.0991. The Labute approximate surface area is 179 Å². The lowest BCUT2D eigenvalue weighted by Crippen LogP contribution is -2.30. The number of carbonyl (C=O) groups excluding carboxylic acids is 1. The first-order valence-corrected chi connectivity index (χ1v) is 9.98. The summed E-state index contributed by atoms with van der Waals surface area (Å²) >= 11 is 5.93. The van der Waals surface area contributed by atoms with Gasteiger partial charge in [0.25, 0.3) is 5.89 Å². The van der Waals surface area contributed by atoms with Crippen molar-refractivity contribution in [3.05, 3.63) is 83.0 Å². The Morgan fingerprint density at radius 3 is 2.60 bits per heavy atom. The maximum absolute atomic E-state index is 12.6. The molecule has 0 saturated heterocycles. The van der Waals surface area contributed by atoms with E-state index in [2.05, 4.69) is 15.5 Å². The Bertz CT molecular complexity index is 1150. The van der Waals surface area contributed by atoms with Crippen LogP contribution in [0.15, 0.2) is 71.4 Å². The number of halogens is 1. The Kier molecular flexibility index (Phi) is 5.68. The molecule has 4 aromatic rings. The first-order valence-electron chi connectivity index (χ1n) is 9.60. The van der Waals surface area contributed by atoms with Crippen LogP contribution in [0.2, 0.25) is 5.02 Å². The van der Waals surface area contributed by atoms with Crippen LogP contribution in [0.3, 0.4) is 0 Å². The number of benzene rings is 2. The average molecular weight is 421 g/mol. The molecule has 152 valence electrons. The largest absolute Gasteiger partial charge is 0.348 e. The molecule has 1 amide bonds. The van der Waals surface area contributed by atoms with Gasteiger partial charge in [-0.2, -0.15) is 4.98 Å². The fraction of sp³-hybridized carbons (Fsp3) is 0.174. The van der Waals surface area contributed by atoms with E-state index >= 15 is 0 Å². The van der Waals surface area contributed by atoms with E-state index < -0.39 is 0 Å². The highest BCUT2D eigenvalue weighted by Crippen LogP contribution is 2.24. The lowest BCUT2D eigenvalue weighted by Gasteiger charge is -2.15. The van der Waals surface area contributed by atoms with Gasteiger partial charge in [0.1, 0.15) is 12.2 Å². The molecule has 0 fully saturated rings. The fourth-order valence-electron chi connectivity index (χ4n) is 3.17. The molecule has 1 N–H and O–H groups in total. The first kappa shape index (κ1) is 19.9. The van der Waals surface area contributed by atoms with Crippen molar-refractivity contribution in [3.8, 4) is 23.0 Å². The summed E-state index contributed by atoms with van der Waals surface area (Å²) in [6.45, 7) is 4.16. The van der Waals surface area contributed by atoms with E-state index in [0.29, 0.717) is 22.4 Å². The highest BCUT2D eigenvalue weighted by Gasteiger charge is 2.16. The molecular formula is C23H21ClN4O2. The molecule has 2 aromatic heterocycles. The van der Waals surface area contributed by atoms with Crippen molar-refractivity contribution >= 4 is 17.5 Å². The monoisotopic (exact) mass is 420 g/mol. The van der Waals surface area contributed by atoms with Crippen LogP contribution in [0, 0.1) is 6.92 Å². The highest BCUT2D eigenvalue weighted by atomic mass is 35.5. The van der Waals surface area contributed by atoms with Gasteiger partial charge in [0.05, 0.1) is 6.04 Å². The molecule has 0 aliphatic heterocycles. The van der Waals surface area contributed by atoms with Gasteiger partial charge in [0.2, 0.25) is 11.7 Å². The van der Waals surface area contributed by atoms with E-state index in [-0.39, 0.29) is 18.5 Å². The number of nitrogens with one attached hydrogen (secondary N) is 1. The zero-order chi connectivity index (χ0) is 21.1. The Morgan fingerprint density at radius 1 is 1.13 bits per heavy atom. The Balaban J connectivity index is 1.46. The summed E-state index contributed by atoms with van der Waals surface area (Å²) in [5, 5.41) is 7.72. The molecule has 4 rings (SSSR count). The molecule has 0 aliphatic carbocycles. The summed E-state index contributed by atoms with van der Waals surface area (Å²) in [6, 6.07) is 18.9. The van der Waals surface area contributed by atoms with E-state index in [1.54, 1.807) is 16.7 Å². The van der Waals surface area contributed by atoms with Gasteiger partial charge in [0, 0.05) is 16.8 Å². The average Bonchev–Trinajstić information content (AvgIpc) is 3.38. The van der Waals surface area contributed by atoms with Crippen LogP contribution in [0.1, 0.15) is 24.1 Å². The van der Waals surface area contributed by atoms with Crippen molar-refractivity contribution in [1.82, 2.24) is 20.0 Å². The SMILES string of the molecule is Cc1ccc([C@@H](C)NC(=O)Cn2cccc2-c2nc(-c3ccc(Cl)cc3)no2)cc1. The zero-order valence-corrected chi connectivity index (χ0v) is 17.4. The molecule has 0 saturated carbocycles. The van der Waals surface area contributed by atoms with Gasteiger partial charge >= 0.3 is 0 Å². The van der Waals surface area contributed by atoms with Gasteiger partial charge in [-0.15, -0.1) is 0 Å². The molecule has 7 heteroatoms. The maximum Gasteiger partial charge on any atom is 0.274 e. The third-order valence-corrected chi connectivity index (χ3v) is 5.10. The van der Waals surface area contributed by atoms with E-state index in [0.717, 1.165) is 11.1 Å². The van der Waals surface area contributed by atoms with Gasteiger partial charge < -0.3 is 14.4 Å². The van der Waals surface area contributed by atoms with Crippen LogP contribution in [0.5, 0.6) is 0 Å². The lowest BCUT2D eigenvalue weighted by molar-refractivity contribution is -0.122. The van der Waals surface area contributed by atoms with Gasteiger partial charge in [-0.05, 0) is 55.8 Å². The van der Waals surface area contributed by atoms with Crippen LogP contribution >= 0.6 is 11.6 Å². The van der Waals surface area contributed by atoms with Crippen molar-refractivity contribution in [2.75, 3.05) is 0 Å². The second-order valence-electron chi connectivity index (χ2n) is 7.15. The summed E-state index contributed by atoms with van der Waals surface area (Å²) in [5.74, 6) is 0.717. The number of carbonyl (C=O) groups is 1. The molecule has 0 spiro atoms. The minimum Gasteiger partial charge on any atom is -0.348 e. The van der Waals surface area contributed by atoms with Crippen molar-refractivity contribution in [2.24, 2.45) is 0 Å². The topological polar surface area (TPSA) is 73.0 Å². The molecule has 0 radical (unpaired) electrons. The van der Waals surface area contributed by atoms with Gasteiger partial charge in [0.15, 0.2) is 0 Å². The molecule has 2 aromatic carbocycles. The molecule has 30 heavy (non-hydrogen) atoms. The van der Waals surface area contributed by atoms with Gasteiger partial charge in [-0.3, -0.25) is 4.79 Å². The summed E-state index contributed by atoms with van der Waals surface area (Å²) in [7, 11) is 0. The van der Waals surface area contributed by atoms with Gasteiger partial charge in [-0.25, -0.2) is 0 Å². The van der Waals surface area contributed by atoms with Crippen LogP contribution < -0.4 is 5.32 Å². The smallest absolute Gasteiger partial charge is 0.274 e. The van der Waals surface area contributed by atoms with Crippen LogP contribution in [0.4, 0.5) is 0 Å². The Morgan fingerprint density at radius 2 is 1.87 bits per heavy atom. The number of hydrogen-bond acceptors (Lipinski definition) is 4. The predicted octanol–water partition coefficient (Wildman–Crippen LogP) is 5.04. The number of nitrogens with zero attached hydrogens (tertiary/aromatic N) is 3. The quantitative estimate of drug-likeness (QED) is 0.474. The van der Waals surface area contributed by atoms with E-state index in [1.165, 1.54) is 5.56 Å². The van der Waals surface area contributed by atoms with E-state index in [9.17, 15) is 4.79 Å². The summed E-state index contributed by atoms with van der Waals surface area (Å²) in [5.41, 5.74) is 3.73. The third kappa shape index (κ3) is 4.44. The molecular weight excluding hydrogens is 400 g/mol. The number of hydrogen-bond donors (Lipinski definition) is 1. The maximum atomic E-state index is 12.6. The normalized spacial score (nSPS) is 12.0. The first-order chi connectivity index (χ1) is 14.5. The summed E-state index contributed by atoms with van der Waals surface area (Å²) in [6.07, 6.45) is 1.82. The summed E-state index contributed by atoms with van der Waals surface area (Å²) < 4.78 is 7.22. The second-order valence-corrected chi connectivity index (χ2v) is 7.59. The van der Waals surface area contributed by atoms with Gasteiger partial charge in [-0.1, -0.05) is 46.6 Å². The zero-order valence-electron chi connectivity index (χ0n) is 16.7. The standard InChI is InChI=1S/C23H21ClN4O2/c1-15-5-7-17(8-6-15)16(2)25-21(29)14-28-13-3-4-20(28)23-26-22(27-30-23)18-9-11-19(24)12-10-18/h3-13,16H,14H2,1-2H3,(H,25,29)/t16-/m1/s1. The van der Waals surface area contributed by atoms with Crippen LogP contribution in [-0.2, 0) is 11.3 Å². The van der Waals surface area contributed by atoms with Crippen molar-refractivity contribution < 1.29 is 9.32 Å². The van der Waals surface area contributed by atoms with E-state index in [1.807, 2.05) is 68.6 Å². The number of aryl methyl sites for hydroxylation is 1.